The van der Waals surface area contributed by atoms with Crippen molar-refractivity contribution in [3.05, 3.63) is 70.3 Å². The minimum atomic E-state index is -0.275. The lowest BCUT2D eigenvalue weighted by Gasteiger charge is -2.06. The average Bonchev–Trinajstić information content (AvgIpc) is 2.59. The molecule has 0 radical (unpaired) electrons. The Morgan fingerprint density at radius 1 is 1.21 bits per heavy atom. The molecule has 3 rings (SSSR count). The number of rotatable bonds is 3. The first-order valence-corrected chi connectivity index (χ1v) is 7.33. The fourth-order valence-electron chi connectivity index (χ4n) is 2.09. The van der Waals surface area contributed by atoms with Gasteiger partial charge < -0.3 is 10.9 Å². The van der Waals surface area contributed by atoms with Crippen molar-refractivity contribution in [1.82, 2.24) is 9.71 Å². The summed E-state index contributed by atoms with van der Waals surface area (Å²) in [6.07, 6.45) is 1.45. The van der Waals surface area contributed by atoms with Gasteiger partial charge in [0.1, 0.15) is 5.52 Å². The summed E-state index contributed by atoms with van der Waals surface area (Å²) in [6, 6.07) is 14.0. The van der Waals surface area contributed by atoms with Crippen molar-refractivity contribution >= 4 is 34.7 Å². The number of halogens is 1. The van der Waals surface area contributed by atoms with Crippen LogP contribution in [0.3, 0.4) is 0 Å². The summed E-state index contributed by atoms with van der Waals surface area (Å²) in [5.74, 6) is -0.0862. The highest BCUT2D eigenvalue weighted by Gasteiger charge is 2.10. The van der Waals surface area contributed by atoms with E-state index in [0.717, 1.165) is 0 Å². The van der Waals surface area contributed by atoms with Gasteiger partial charge in [0.05, 0.1) is 11.7 Å². The van der Waals surface area contributed by atoms with Crippen LogP contribution >= 0.6 is 11.6 Å². The summed E-state index contributed by atoms with van der Waals surface area (Å²) in [6.45, 7) is 0. The minimum absolute atomic E-state index is 0.0347. The van der Waals surface area contributed by atoms with Crippen LogP contribution in [0.2, 0.25) is 5.02 Å². The van der Waals surface area contributed by atoms with E-state index in [1.54, 1.807) is 36.4 Å². The van der Waals surface area contributed by atoms with Crippen LogP contribution in [0.1, 0.15) is 11.3 Å². The van der Waals surface area contributed by atoms with Gasteiger partial charge in [-0.3, -0.25) is 5.41 Å². The normalized spacial score (nSPS) is 12.1. The van der Waals surface area contributed by atoms with E-state index in [1.807, 2.05) is 12.1 Å². The van der Waals surface area contributed by atoms with Crippen molar-refractivity contribution in [1.29, 1.82) is 5.41 Å². The molecule has 24 heavy (non-hydrogen) atoms. The van der Waals surface area contributed by atoms with E-state index >= 15 is 0 Å². The van der Waals surface area contributed by atoms with Crippen LogP contribution in [0.5, 0.6) is 0 Å². The molecule has 3 aromatic rings. The molecule has 7 nitrogen and oxygen atoms in total. The molecule has 1 heterocycles. The smallest absolute Gasteiger partial charge is 0.191 e. The number of hydrogen-bond acceptors (Lipinski definition) is 5. The Balaban J connectivity index is 1.99. The van der Waals surface area contributed by atoms with Crippen molar-refractivity contribution < 1.29 is 5.21 Å². The van der Waals surface area contributed by atoms with Crippen molar-refractivity contribution in [2.24, 2.45) is 15.9 Å². The Kier molecular flexibility index (Phi) is 4.26. The molecule has 1 aromatic heterocycles. The number of para-hydroxylation sites is 2. The van der Waals surface area contributed by atoms with Crippen LogP contribution in [0, 0.1) is 5.41 Å². The molecule has 8 heteroatoms. The molecule has 0 unspecified atom stereocenters. The number of amidine groups is 1. The monoisotopic (exact) mass is 340 g/mol. The third-order valence-electron chi connectivity index (χ3n) is 3.29. The van der Waals surface area contributed by atoms with Crippen LogP contribution in [0.15, 0.2) is 58.7 Å². The number of fused-ring (bicyclic) bond motifs is 1. The molecule has 120 valence electrons. The van der Waals surface area contributed by atoms with E-state index in [9.17, 15) is 5.21 Å². The van der Waals surface area contributed by atoms with Crippen molar-refractivity contribution in [3.63, 3.8) is 0 Å². The molecular formula is C16H13ClN6O. The maximum absolute atomic E-state index is 10.1. The van der Waals surface area contributed by atoms with Gasteiger partial charge in [-0.1, -0.05) is 41.9 Å². The lowest BCUT2D eigenvalue weighted by Crippen LogP contribution is -2.31. The van der Waals surface area contributed by atoms with Crippen LogP contribution < -0.4 is 11.2 Å². The van der Waals surface area contributed by atoms with Gasteiger partial charge in [-0.15, -0.1) is 5.10 Å². The molecule has 0 amide bonds. The van der Waals surface area contributed by atoms with Crippen molar-refractivity contribution in [2.45, 2.75) is 0 Å². The Bertz CT molecular complexity index is 1020. The van der Waals surface area contributed by atoms with Crippen LogP contribution in [-0.2, 0) is 0 Å². The van der Waals surface area contributed by atoms with Crippen molar-refractivity contribution in [3.8, 4) is 0 Å². The van der Waals surface area contributed by atoms with Gasteiger partial charge in [-0.2, -0.15) is 9.83 Å². The number of benzene rings is 2. The first-order chi connectivity index (χ1) is 11.6. The average molecular weight is 341 g/mol. The molecule has 0 fully saturated rings. The lowest BCUT2D eigenvalue weighted by molar-refractivity contribution is 0.183. The van der Waals surface area contributed by atoms with Gasteiger partial charge in [0.15, 0.2) is 17.0 Å². The zero-order valence-corrected chi connectivity index (χ0v) is 13.1. The van der Waals surface area contributed by atoms with Crippen molar-refractivity contribution in [2.75, 3.05) is 0 Å². The highest BCUT2D eigenvalue weighted by Crippen LogP contribution is 2.12. The number of nitrogens with two attached hydrogens (primary N) is 1. The van der Waals surface area contributed by atoms with Crippen LogP contribution in [0.25, 0.3) is 11.0 Å². The van der Waals surface area contributed by atoms with E-state index in [2.05, 4.69) is 15.2 Å². The quantitative estimate of drug-likeness (QED) is 0.294. The fourth-order valence-corrected chi connectivity index (χ4v) is 2.28. The molecule has 0 atom stereocenters. The molecule has 0 aliphatic rings. The first-order valence-electron chi connectivity index (χ1n) is 6.95. The van der Waals surface area contributed by atoms with E-state index in [4.69, 9.17) is 22.7 Å². The van der Waals surface area contributed by atoms with E-state index < -0.39 is 0 Å². The second-order valence-electron chi connectivity index (χ2n) is 4.86. The number of nitrogens with one attached hydrogen (secondary N) is 1. The molecule has 0 saturated heterocycles. The standard InChI is InChI=1S/C16H13ClN6O/c17-11-6-2-1-5-10(11)9-20-22-15(18)14-16(19)23(24)13-8-4-3-7-12(13)21-14/h1-9,19,24H,(H2,18,22). The molecule has 0 saturated carbocycles. The number of aromatic nitrogens is 2. The molecule has 0 spiro atoms. The van der Waals surface area contributed by atoms with E-state index in [1.165, 1.54) is 6.21 Å². The largest absolute Gasteiger partial charge is 0.426 e. The zero-order valence-electron chi connectivity index (χ0n) is 12.4. The summed E-state index contributed by atoms with van der Waals surface area (Å²) in [5, 5.41) is 26.3. The topological polar surface area (TPSA) is 113 Å². The molecule has 0 aliphatic heterocycles. The summed E-state index contributed by atoms with van der Waals surface area (Å²) < 4.78 is 0.706. The molecule has 0 bridgehead atoms. The Labute approximate surface area is 141 Å². The highest BCUT2D eigenvalue weighted by atomic mass is 35.5. The Morgan fingerprint density at radius 3 is 2.71 bits per heavy atom. The van der Waals surface area contributed by atoms with Gasteiger partial charge in [0.25, 0.3) is 0 Å². The van der Waals surface area contributed by atoms with Gasteiger partial charge in [-0.25, -0.2) is 4.98 Å². The summed E-state index contributed by atoms with van der Waals surface area (Å²) >= 11 is 6.02. The SMILES string of the molecule is N=c1c(C(N)=NN=Cc2ccccc2Cl)nc2ccccc2n1O. The van der Waals surface area contributed by atoms with Crippen LogP contribution in [0.4, 0.5) is 0 Å². The summed E-state index contributed by atoms with van der Waals surface area (Å²) in [4.78, 5) is 4.25. The second-order valence-corrected chi connectivity index (χ2v) is 5.27. The lowest BCUT2D eigenvalue weighted by atomic mass is 10.2. The highest BCUT2D eigenvalue weighted by molar-refractivity contribution is 6.33. The Hall–Kier alpha value is -3.19. The predicted octanol–water partition coefficient (Wildman–Crippen LogP) is 2.15. The number of hydrogen-bond donors (Lipinski definition) is 3. The third kappa shape index (κ3) is 2.97. The van der Waals surface area contributed by atoms with Gasteiger partial charge in [-0.05, 0) is 18.2 Å². The zero-order chi connectivity index (χ0) is 17.1. The van der Waals surface area contributed by atoms with Crippen LogP contribution in [-0.4, -0.2) is 27.0 Å². The maximum atomic E-state index is 10.1. The first kappa shape index (κ1) is 15.7. The second kappa shape index (κ2) is 6.51. The molecular weight excluding hydrogens is 328 g/mol. The molecule has 4 N–H and O–H groups in total. The fraction of sp³-hybridized carbons (Fsp3) is 0. The van der Waals surface area contributed by atoms with Gasteiger partial charge in [0, 0.05) is 10.6 Å². The minimum Gasteiger partial charge on any atom is -0.426 e. The van der Waals surface area contributed by atoms with E-state index in [0.29, 0.717) is 26.3 Å². The van der Waals surface area contributed by atoms with E-state index in [-0.39, 0.29) is 17.0 Å². The third-order valence-corrected chi connectivity index (χ3v) is 3.63. The predicted molar refractivity (Wildman–Crippen MR) is 92.5 cm³/mol. The number of nitrogens with zero attached hydrogens (tertiary/aromatic N) is 4. The molecule has 0 aliphatic carbocycles. The summed E-state index contributed by atoms with van der Waals surface area (Å²) in [7, 11) is 0. The van der Waals surface area contributed by atoms with Gasteiger partial charge >= 0.3 is 0 Å². The molecule has 2 aromatic carbocycles. The Morgan fingerprint density at radius 2 is 1.92 bits per heavy atom. The van der Waals surface area contributed by atoms with Gasteiger partial charge in [0.2, 0.25) is 0 Å². The maximum Gasteiger partial charge on any atom is 0.191 e. The summed E-state index contributed by atoms with van der Waals surface area (Å²) in [5.41, 5.74) is 7.19.